The van der Waals surface area contributed by atoms with Crippen molar-refractivity contribution in [2.24, 2.45) is 0 Å². The smallest absolute Gasteiger partial charge is 0.212 e. The molecule has 2 aliphatic rings. The predicted octanol–water partition coefficient (Wildman–Crippen LogP) is 2.40. The van der Waals surface area contributed by atoms with Gasteiger partial charge in [0.25, 0.3) is 0 Å². The van der Waals surface area contributed by atoms with Gasteiger partial charge in [-0.3, -0.25) is 0 Å². The highest BCUT2D eigenvalue weighted by Crippen LogP contribution is 2.27. The van der Waals surface area contributed by atoms with E-state index in [2.05, 4.69) is 4.72 Å². The second kappa shape index (κ2) is 5.23. The van der Waals surface area contributed by atoms with E-state index in [9.17, 15) is 8.42 Å². The van der Waals surface area contributed by atoms with E-state index in [0.29, 0.717) is 0 Å². The van der Waals surface area contributed by atoms with Gasteiger partial charge >= 0.3 is 0 Å². The molecule has 2 unspecified atom stereocenters. The molecule has 5 heteroatoms. The highest BCUT2D eigenvalue weighted by atomic mass is 35.5. The Morgan fingerprint density at radius 1 is 0.938 bits per heavy atom. The van der Waals surface area contributed by atoms with Crippen LogP contribution in [0.5, 0.6) is 0 Å². The molecule has 0 aromatic carbocycles. The van der Waals surface area contributed by atoms with E-state index in [1.165, 1.54) is 0 Å². The van der Waals surface area contributed by atoms with Crippen LogP contribution in [0.15, 0.2) is 0 Å². The van der Waals surface area contributed by atoms with Gasteiger partial charge in [-0.1, -0.05) is 25.7 Å². The van der Waals surface area contributed by atoms with Gasteiger partial charge in [-0.25, -0.2) is 13.1 Å². The van der Waals surface area contributed by atoms with Crippen molar-refractivity contribution in [2.75, 3.05) is 0 Å². The highest BCUT2D eigenvalue weighted by Gasteiger charge is 2.33. The monoisotopic (exact) mass is 265 g/mol. The molecule has 2 fully saturated rings. The Morgan fingerprint density at radius 2 is 1.50 bits per heavy atom. The Balaban J connectivity index is 1.96. The first-order valence-corrected chi connectivity index (χ1v) is 8.23. The fraction of sp³-hybridized carbons (Fsp3) is 1.00. The van der Waals surface area contributed by atoms with E-state index in [1.807, 2.05) is 0 Å². The highest BCUT2D eigenvalue weighted by molar-refractivity contribution is 7.90. The molecule has 2 aliphatic carbocycles. The Bertz CT molecular complexity index is 325. The minimum atomic E-state index is -3.13. The van der Waals surface area contributed by atoms with Crippen molar-refractivity contribution in [3.8, 4) is 0 Å². The van der Waals surface area contributed by atoms with Gasteiger partial charge < -0.3 is 0 Å². The van der Waals surface area contributed by atoms with Gasteiger partial charge in [0, 0.05) is 11.4 Å². The van der Waals surface area contributed by atoms with Crippen LogP contribution in [0.4, 0.5) is 0 Å². The van der Waals surface area contributed by atoms with E-state index in [4.69, 9.17) is 11.6 Å². The molecule has 94 valence electrons. The van der Waals surface area contributed by atoms with E-state index >= 15 is 0 Å². The molecule has 0 aromatic rings. The van der Waals surface area contributed by atoms with Gasteiger partial charge in [0.15, 0.2) is 0 Å². The molecule has 0 amide bonds. The molecule has 0 aromatic heterocycles. The SMILES string of the molecule is O=S(=O)(NC1CCCCC1Cl)C1CCCC1. The van der Waals surface area contributed by atoms with Crippen LogP contribution in [0.25, 0.3) is 0 Å². The molecular formula is C11H20ClNO2S. The molecule has 2 rings (SSSR count). The summed E-state index contributed by atoms with van der Waals surface area (Å²) in [5.41, 5.74) is 0. The quantitative estimate of drug-likeness (QED) is 0.797. The standard InChI is InChI=1S/C11H20ClNO2S/c12-10-7-3-4-8-11(10)13-16(14,15)9-5-1-2-6-9/h9-11,13H,1-8H2. The molecule has 3 nitrogen and oxygen atoms in total. The van der Waals surface area contributed by atoms with Gasteiger partial charge in [-0.05, 0) is 25.7 Å². The first kappa shape index (κ1) is 12.7. The number of halogens is 1. The first-order chi connectivity index (χ1) is 7.59. The van der Waals surface area contributed by atoms with Gasteiger partial charge in [-0.15, -0.1) is 11.6 Å². The molecule has 16 heavy (non-hydrogen) atoms. The third kappa shape index (κ3) is 2.90. The van der Waals surface area contributed by atoms with E-state index in [1.54, 1.807) is 0 Å². The van der Waals surface area contributed by atoms with Crippen LogP contribution in [0.2, 0.25) is 0 Å². The van der Waals surface area contributed by atoms with Gasteiger partial charge in [0.05, 0.1) is 5.25 Å². The maximum absolute atomic E-state index is 12.1. The summed E-state index contributed by atoms with van der Waals surface area (Å²) in [4.78, 5) is 0. The van der Waals surface area contributed by atoms with E-state index < -0.39 is 10.0 Å². The summed E-state index contributed by atoms with van der Waals surface area (Å²) in [6.07, 6.45) is 7.74. The van der Waals surface area contributed by atoms with Crippen molar-refractivity contribution < 1.29 is 8.42 Å². The topological polar surface area (TPSA) is 46.2 Å². The fourth-order valence-corrected chi connectivity index (χ4v) is 4.99. The largest absolute Gasteiger partial charge is 0.214 e. The van der Waals surface area contributed by atoms with Gasteiger partial charge in [-0.2, -0.15) is 0 Å². The normalized spacial score (nSPS) is 33.1. The Hall–Kier alpha value is 0.200. The molecule has 0 bridgehead atoms. The van der Waals surface area contributed by atoms with Crippen molar-refractivity contribution in [1.82, 2.24) is 4.72 Å². The van der Waals surface area contributed by atoms with Crippen LogP contribution in [0, 0.1) is 0 Å². The number of hydrogen-bond donors (Lipinski definition) is 1. The van der Waals surface area contributed by atoms with E-state index in [-0.39, 0.29) is 16.7 Å². The lowest BCUT2D eigenvalue weighted by Gasteiger charge is -2.28. The molecule has 0 aliphatic heterocycles. The summed E-state index contributed by atoms with van der Waals surface area (Å²) in [6.45, 7) is 0. The summed E-state index contributed by atoms with van der Waals surface area (Å²) < 4.78 is 27.0. The van der Waals surface area contributed by atoms with E-state index in [0.717, 1.165) is 51.4 Å². The summed E-state index contributed by atoms with van der Waals surface area (Å²) in [5, 5.41) is -0.191. The maximum Gasteiger partial charge on any atom is 0.214 e. The summed E-state index contributed by atoms with van der Waals surface area (Å²) in [5.74, 6) is 0. The lowest BCUT2D eigenvalue weighted by atomic mass is 9.96. The number of alkyl halides is 1. The zero-order valence-corrected chi connectivity index (χ0v) is 11.1. The Kier molecular flexibility index (Phi) is 4.14. The molecule has 0 heterocycles. The Labute approximate surface area is 103 Å². The van der Waals surface area contributed by atoms with Crippen LogP contribution in [0.3, 0.4) is 0 Å². The zero-order chi connectivity index (χ0) is 11.6. The summed E-state index contributed by atoms with van der Waals surface area (Å²) in [7, 11) is -3.13. The van der Waals surface area contributed by atoms with Gasteiger partial charge in [0.1, 0.15) is 0 Å². The number of rotatable bonds is 3. The van der Waals surface area contributed by atoms with Crippen LogP contribution < -0.4 is 4.72 Å². The van der Waals surface area contributed by atoms with Crippen LogP contribution in [-0.4, -0.2) is 25.1 Å². The molecule has 0 radical (unpaired) electrons. The molecule has 0 spiro atoms. The van der Waals surface area contributed by atoms with Crippen molar-refractivity contribution in [1.29, 1.82) is 0 Å². The molecular weight excluding hydrogens is 246 g/mol. The third-order valence-electron chi connectivity index (χ3n) is 3.74. The van der Waals surface area contributed by atoms with Crippen molar-refractivity contribution >= 4 is 21.6 Å². The summed E-state index contributed by atoms with van der Waals surface area (Å²) in [6, 6.07) is -0.0407. The minimum Gasteiger partial charge on any atom is -0.212 e. The fourth-order valence-electron chi connectivity index (χ4n) is 2.72. The van der Waals surface area contributed by atoms with Crippen molar-refractivity contribution in [2.45, 2.75) is 68.0 Å². The minimum absolute atomic E-state index is 0.0232. The first-order valence-electron chi connectivity index (χ1n) is 6.25. The van der Waals surface area contributed by atoms with Crippen LogP contribution in [0.1, 0.15) is 51.4 Å². The van der Waals surface area contributed by atoms with Crippen LogP contribution >= 0.6 is 11.6 Å². The second-order valence-corrected chi connectivity index (χ2v) is 7.53. The lowest BCUT2D eigenvalue weighted by molar-refractivity contribution is 0.416. The zero-order valence-electron chi connectivity index (χ0n) is 9.49. The molecule has 2 atom stereocenters. The number of nitrogens with one attached hydrogen (secondary N) is 1. The summed E-state index contributed by atoms with van der Waals surface area (Å²) >= 11 is 6.17. The second-order valence-electron chi connectivity index (χ2n) is 4.98. The predicted molar refractivity (Wildman–Crippen MR) is 66.2 cm³/mol. The molecule has 1 N–H and O–H groups in total. The number of sulfonamides is 1. The van der Waals surface area contributed by atoms with Crippen LogP contribution in [-0.2, 0) is 10.0 Å². The lowest BCUT2D eigenvalue weighted by Crippen LogP contribution is -2.45. The van der Waals surface area contributed by atoms with Crippen molar-refractivity contribution in [3.05, 3.63) is 0 Å². The number of hydrogen-bond acceptors (Lipinski definition) is 2. The van der Waals surface area contributed by atoms with Gasteiger partial charge in [0.2, 0.25) is 10.0 Å². The average Bonchev–Trinajstić information content (AvgIpc) is 2.75. The molecule has 2 saturated carbocycles. The maximum atomic E-state index is 12.1. The average molecular weight is 266 g/mol. The Morgan fingerprint density at radius 3 is 2.12 bits per heavy atom. The third-order valence-corrected chi connectivity index (χ3v) is 6.24. The van der Waals surface area contributed by atoms with Crippen molar-refractivity contribution in [3.63, 3.8) is 0 Å². The molecule has 0 saturated heterocycles.